The standard InChI is InChI=1S/C13H15F2NO3/c1-9-11(8-17)16(12(18)13(14,15)19-9)7-10-5-3-2-4-6-10/h2-6,9,11,17H,7-8H2,1H3/t9-,11?/m0/s1/i8D2. The number of nitrogens with zero attached hydrogens (tertiary/aromatic N) is 1. The van der Waals surface area contributed by atoms with E-state index in [-0.39, 0.29) is 6.54 Å². The van der Waals surface area contributed by atoms with E-state index in [2.05, 4.69) is 4.74 Å². The van der Waals surface area contributed by atoms with E-state index in [1.807, 2.05) is 0 Å². The molecule has 1 aromatic carbocycles. The van der Waals surface area contributed by atoms with Gasteiger partial charge in [-0.25, -0.2) is 0 Å². The van der Waals surface area contributed by atoms with E-state index in [1.54, 1.807) is 30.3 Å². The Kier molecular flexibility index (Phi) is 3.11. The third-order valence-corrected chi connectivity index (χ3v) is 2.95. The fraction of sp³-hybridized carbons (Fsp3) is 0.462. The number of hydrogen-bond acceptors (Lipinski definition) is 3. The molecule has 1 heterocycles. The summed E-state index contributed by atoms with van der Waals surface area (Å²) in [6, 6.07) is 6.79. The molecular weight excluding hydrogens is 256 g/mol. The minimum atomic E-state index is -4.03. The first-order valence-corrected chi connectivity index (χ1v) is 5.76. The SMILES string of the molecule is [2H]C([2H])(O)C1[C@H](C)OC(F)(F)C(=O)N1Cc1ccccc1. The van der Waals surface area contributed by atoms with E-state index in [1.165, 1.54) is 6.92 Å². The second-order valence-electron chi connectivity index (χ2n) is 4.33. The van der Waals surface area contributed by atoms with Crippen LogP contribution in [0.2, 0.25) is 0 Å². The zero-order chi connectivity index (χ0) is 15.8. The monoisotopic (exact) mass is 273 g/mol. The maximum atomic E-state index is 13.5. The molecule has 2 atom stereocenters. The van der Waals surface area contributed by atoms with Gasteiger partial charge in [-0.3, -0.25) is 4.79 Å². The van der Waals surface area contributed by atoms with Crippen molar-refractivity contribution >= 4 is 5.91 Å². The van der Waals surface area contributed by atoms with Gasteiger partial charge in [-0.05, 0) is 12.5 Å². The number of alkyl halides is 2. The van der Waals surface area contributed by atoms with Crippen molar-refractivity contribution in [2.45, 2.75) is 31.7 Å². The summed E-state index contributed by atoms with van der Waals surface area (Å²) in [7, 11) is 0. The summed E-state index contributed by atoms with van der Waals surface area (Å²) in [5.74, 6) is -1.66. The van der Waals surface area contributed by atoms with Gasteiger partial charge >= 0.3 is 12.0 Å². The van der Waals surface area contributed by atoms with E-state index < -0.39 is 30.7 Å². The number of aliphatic hydroxyl groups is 1. The summed E-state index contributed by atoms with van der Waals surface area (Å²) in [5.41, 5.74) is 0.546. The third kappa shape index (κ3) is 2.74. The smallest absolute Gasteiger partial charge is 0.394 e. The van der Waals surface area contributed by atoms with Crippen LogP contribution in [0, 0.1) is 0 Å². The van der Waals surface area contributed by atoms with Crippen molar-refractivity contribution in [2.75, 3.05) is 6.56 Å². The molecule has 104 valence electrons. The number of ether oxygens (including phenoxy) is 1. The molecule has 1 aromatic rings. The highest BCUT2D eigenvalue weighted by Gasteiger charge is 2.53. The molecule has 0 bridgehead atoms. The minimum absolute atomic E-state index is 0.242. The highest BCUT2D eigenvalue weighted by molar-refractivity contribution is 5.83. The van der Waals surface area contributed by atoms with Gasteiger partial charge in [0.15, 0.2) is 0 Å². The first-order valence-electron chi connectivity index (χ1n) is 6.76. The van der Waals surface area contributed by atoms with Gasteiger partial charge in [0.05, 0.1) is 21.4 Å². The summed E-state index contributed by atoms with van der Waals surface area (Å²) in [5, 5.41) is 9.56. The molecule has 0 spiro atoms. The lowest BCUT2D eigenvalue weighted by molar-refractivity contribution is -0.286. The lowest BCUT2D eigenvalue weighted by Crippen LogP contribution is -2.61. The Morgan fingerprint density at radius 3 is 2.68 bits per heavy atom. The van der Waals surface area contributed by atoms with Crippen LogP contribution >= 0.6 is 0 Å². The number of hydrogen-bond donors (Lipinski definition) is 1. The van der Waals surface area contributed by atoms with Crippen LogP contribution in [0.15, 0.2) is 30.3 Å². The maximum Gasteiger partial charge on any atom is 0.437 e. The molecule has 1 aliphatic heterocycles. The molecule has 0 aromatic heterocycles. The van der Waals surface area contributed by atoms with Crippen molar-refractivity contribution in [3.63, 3.8) is 0 Å². The first kappa shape index (κ1) is 11.3. The van der Waals surface area contributed by atoms with Crippen LogP contribution in [0.1, 0.15) is 15.2 Å². The highest BCUT2D eigenvalue weighted by atomic mass is 19.3. The van der Waals surface area contributed by atoms with E-state index in [0.717, 1.165) is 0 Å². The molecule has 1 aliphatic rings. The van der Waals surface area contributed by atoms with Crippen molar-refractivity contribution in [1.29, 1.82) is 0 Å². The van der Waals surface area contributed by atoms with Crippen molar-refractivity contribution in [1.82, 2.24) is 4.90 Å². The van der Waals surface area contributed by atoms with Gasteiger partial charge in [-0.15, -0.1) is 0 Å². The third-order valence-electron chi connectivity index (χ3n) is 2.95. The topological polar surface area (TPSA) is 49.8 Å². The second-order valence-corrected chi connectivity index (χ2v) is 4.33. The Hall–Kier alpha value is -1.53. The molecule has 1 N–H and O–H groups in total. The van der Waals surface area contributed by atoms with Gasteiger partial charge in [0.2, 0.25) is 0 Å². The molecule has 19 heavy (non-hydrogen) atoms. The summed E-state index contributed by atoms with van der Waals surface area (Å²) >= 11 is 0. The predicted molar refractivity (Wildman–Crippen MR) is 63.4 cm³/mol. The zero-order valence-corrected chi connectivity index (χ0v) is 10.2. The van der Waals surface area contributed by atoms with Crippen LogP contribution in [0.5, 0.6) is 0 Å². The van der Waals surface area contributed by atoms with Crippen LogP contribution in [0.25, 0.3) is 0 Å². The summed E-state index contributed by atoms with van der Waals surface area (Å²) < 4.78 is 46.1. The molecule has 0 saturated carbocycles. The maximum absolute atomic E-state index is 13.5. The Bertz CT molecular complexity index is 522. The van der Waals surface area contributed by atoms with Crippen LogP contribution < -0.4 is 0 Å². The molecule has 2 rings (SSSR count). The minimum Gasteiger partial charge on any atom is -0.394 e. The van der Waals surface area contributed by atoms with Crippen LogP contribution in [0.3, 0.4) is 0 Å². The Balaban J connectivity index is 2.36. The largest absolute Gasteiger partial charge is 0.437 e. The summed E-state index contributed by atoms with van der Waals surface area (Å²) in [4.78, 5) is 12.5. The molecular formula is C13H15F2NO3. The molecule has 1 unspecified atom stereocenters. The lowest BCUT2D eigenvalue weighted by atomic mass is 10.1. The van der Waals surface area contributed by atoms with E-state index in [0.29, 0.717) is 10.5 Å². The van der Waals surface area contributed by atoms with Crippen molar-refractivity contribution in [2.24, 2.45) is 0 Å². The molecule has 1 amide bonds. The van der Waals surface area contributed by atoms with Crippen molar-refractivity contribution in [3.8, 4) is 0 Å². The molecule has 1 fully saturated rings. The Morgan fingerprint density at radius 2 is 2.11 bits per heavy atom. The predicted octanol–water partition coefficient (Wildman–Crippen LogP) is 1.39. The summed E-state index contributed by atoms with van der Waals surface area (Å²) in [6.07, 6.45) is -5.39. The van der Waals surface area contributed by atoms with Gasteiger partial charge in [0.1, 0.15) is 0 Å². The number of rotatable bonds is 3. The number of amides is 1. The zero-order valence-electron chi connectivity index (χ0n) is 12.2. The molecule has 6 heteroatoms. The van der Waals surface area contributed by atoms with E-state index in [4.69, 9.17) is 2.74 Å². The molecule has 4 nitrogen and oxygen atoms in total. The number of carbonyl (C=O) groups is 1. The average Bonchev–Trinajstić information content (AvgIpc) is 2.34. The first-order chi connectivity index (χ1) is 9.63. The van der Waals surface area contributed by atoms with Gasteiger partial charge in [0, 0.05) is 6.54 Å². The van der Waals surface area contributed by atoms with Crippen LogP contribution in [0.4, 0.5) is 8.78 Å². The highest BCUT2D eigenvalue weighted by Crippen LogP contribution is 2.31. The van der Waals surface area contributed by atoms with E-state index >= 15 is 0 Å². The average molecular weight is 273 g/mol. The van der Waals surface area contributed by atoms with Crippen LogP contribution in [-0.2, 0) is 16.1 Å². The van der Waals surface area contributed by atoms with Crippen molar-refractivity contribution < 1.29 is 26.2 Å². The number of halogens is 2. The van der Waals surface area contributed by atoms with Crippen molar-refractivity contribution in [3.05, 3.63) is 35.9 Å². The molecule has 1 saturated heterocycles. The number of carbonyl (C=O) groups excluding carboxylic acids is 1. The molecule has 0 radical (unpaired) electrons. The number of morpholine rings is 1. The van der Waals surface area contributed by atoms with Gasteiger partial charge in [0.25, 0.3) is 0 Å². The van der Waals surface area contributed by atoms with E-state index in [9.17, 15) is 18.7 Å². The van der Waals surface area contributed by atoms with Gasteiger partial charge in [-0.2, -0.15) is 8.78 Å². The fourth-order valence-corrected chi connectivity index (χ4v) is 2.02. The Morgan fingerprint density at radius 1 is 1.47 bits per heavy atom. The Labute approximate surface area is 112 Å². The van der Waals surface area contributed by atoms with Gasteiger partial charge in [-0.1, -0.05) is 30.3 Å². The fourth-order valence-electron chi connectivity index (χ4n) is 2.02. The summed E-state index contributed by atoms with van der Waals surface area (Å²) in [6.45, 7) is -1.91. The molecule has 0 aliphatic carbocycles. The number of benzene rings is 1. The van der Waals surface area contributed by atoms with Gasteiger partial charge < -0.3 is 14.7 Å². The lowest BCUT2D eigenvalue weighted by Gasteiger charge is -2.41. The normalized spacial score (nSPS) is 28.8. The van der Waals surface area contributed by atoms with Crippen LogP contribution in [-0.4, -0.2) is 40.7 Å². The second kappa shape index (κ2) is 5.22. The quantitative estimate of drug-likeness (QED) is 0.905.